The Hall–Kier alpha value is -4.56. The number of methoxy groups -OCH3 is 4. The SMILES string of the molecule is COC(=O)CN(CCN(CC(=O)O)C(C(=O)O)c1cc(OC)ccc1OC)[C@H](C(=O)O)c1cc(OC)ccc1O. The van der Waals surface area contributed by atoms with Crippen LogP contribution in [0, 0.1) is 0 Å². The Labute approximate surface area is 229 Å². The number of carbonyl (C=O) groups is 4. The molecule has 40 heavy (non-hydrogen) atoms. The zero-order valence-electron chi connectivity index (χ0n) is 22.4. The van der Waals surface area contributed by atoms with Gasteiger partial charge in [-0.25, -0.2) is 0 Å². The number of aliphatic carboxylic acids is 3. The smallest absolute Gasteiger partial charge is 0.325 e. The molecule has 14 nitrogen and oxygen atoms in total. The molecule has 0 aliphatic heterocycles. The molecule has 2 aromatic carbocycles. The van der Waals surface area contributed by atoms with Crippen molar-refractivity contribution < 1.29 is 58.6 Å². The highest BCUT2D eigenvalue weighted by molar-refractivity contribution is 5.80. The number of nitrogens with zero attached hydrogens (tertiary/aromatic N) is 2. The van der Waals surface area contributed by atoms with E-state index in [0.29, 0.717) is 5.75 Å². The normalized spacial score (nSPS) is 12.4. The van der Waals surface area contributed by atoms with E-state index in [-0.39, 0.29) is 35.7 Å². The zero-order valence-corrected chi connectivity index (χ0v) is 22.4. The van der Waals surface area contributed by atoms with E-state index in [1.165, 1.54) is 51.7 Å². The molecule has 0 saturated carbocycles. The summed E-state index contributed by atoms with van der Waals surface area (Å²) in [6.45, 7) is -2.00. The summed E-state index contributed by atoms with van der Waals surface area (Å²) in [6, 6.07) is 5.16. The van der Waals surface area contributed by atoms with Crippen LogP contribution in [0.3, 0.4) is 0 Å². The second kappa shape index (κ2) is 14.6. The van der Waals surface area contributed by atoms with Gasteiger partial charge in [-0.3, -0.25) is 29.0 Å². The minimum Gasteiger partial charge on any atom is -0.508 e. The van der Waals surface area contributed by atoms with E-state index in [0.717, 1.165) is 16.9 Å². The third-order valence-corrected chi connectivity index (χ3v) is 6.03. The maximum atomic E-state index is 12.5. The van der Waals surface area contributed by atoms with E-state index in [2.05, 4.69) is 0 Å². The lowest BCUT2D eigenvalue weighted by atomic mass is 10.0. The molecule has 2 atom stereocenters. The molecule has 2 rings (SSSR count). The highest BCUT2D eigenvalue weighted by Crippen LogP contribution is 2.35. The van der Waals surface area contributed by atoms with Gasteiger partial charge in [0.15, 0.2) is 0 Å². The fraction of sp³-hybridized carbons (Fsp3) is 0.385. The Balaban J connectivity index is 2.57. The Morgan fingerprint density at radius 1 is 0.725 bits per heavy atom. The van der Waals surface area contributed by atoms with Crippen LogP contribution in [0.25, 0.3) is 0 Å². The highest BCUT2D eigenvalue weighted by atomic mass is 16.5. The fourth-order valence-corrected chi connectivity index (χ4v) is 4.16. The summed E-state index contributed by atoms with van der Waals surface area (Å²) in [5, 5.41) is 40.3. The number of hydrogen-bond acceptors (Lipinski definition) is 11. The van der Waals surface area contributed by atoms with Crippen molar-refractivity contribution in [1.82, 2.24) is 9.80 Å². The van der Waals surface area contributed by atoms with Gasteiger partial charge in [0.2, 0.25) is 0 Å². The Morgan fingerprint density at radius 2 is 1.23 bits per heavy atom. The van der Waals surface area contributed by atoms with E-state index in [4.69, 9.17) is 18.9 Å². The first-order valence-electron chi connectivity index (χ1n) is 11.8. The number of aromatic hydroxyl groups is 1. The third kappa shape index (κ3) is 7.97. The molecule has 0 aliphatic rings. The van der Waals surface area contributed by atoms with Crippen molar-refractivity contribution >= 4 is 23.9 Å². The van der Waals surface area contributed by atoms with Crippen LogP contribution in [0.1, 0.15) is 23.2 Å². The summed E-state index contributed by atoms with van der Waals surface area (Å²) >= 11 is 0. The van der Waals surface area contributed by atoms with E-state index < -0.39 is 54.8 Å². The van der Waals surface area contributed by atoms with Gasteiger partial charge in [0, 0.05) is 24.2 Å². The van der Waals surface area contributed by atoms with Crippen LogP contribution in [0.4, 0.5) is 0 Å². The number of benzene rings is 2. The van der Waals surface area contributed by atoms with Gasteiger partial charge in [0.05, 0.1) is 41.5 Å². The minimum absolute atomic E-state index is 0.0929. The largest absolute Gasteiger partial charge is 0.508 e. The van der Waals surface area contributed by atoms with E-state index in [1.807, 2.05) is 0 Å². The van der Waals surface area contributed by atoms with Crippen LogP contribution in [-0.4, -0.2) is 109 Å². The number of carboxylic acids is 3. The van der Waals surface area contributed by atoms with Gasteiger partial charge in [-0.1, -0.05) is 0 Å². The quantitative estimate of drug-likeness (QED) is 0.213. The number of esters is 1. The lowest BCUT2D eigenvalue weighted by Crippen LogP contribution is -2.46. The lowest BCUT2D eigenvalue weighted by molar-refractivity contribution is -0.151. The van der Waals surface area contributed by atoms with Crippen LogP contribution in [0.5, 0.6) is 23.0 Å². The molecule has 0 aliphatic carbocycles. The minimum atomic E-state index is -1.62. The molecule has 0 bridgehead atoms. The molecule has 0 radical (unpaired) electrons. The third-order valence-electron chi connectivity index (χ3n) is 6.03. The van der Waals surface area contributed by atoms with Crippen molar-refractivity contribution in [3.8, 4) is 23.0 Å². The zero-order chi connectivity index (χ0) is 30.0. The summed E-state index contributed by atoms with van der Waals surface area (Å²) in [5.74, 6) is -4.73. The summed E-state index contributed by atoms with van der Waals surface area (Å²) in [5.41, 5.74) is -0.0138. The summed E-state index contributed by atoms with van der Waals surface area (Å²) in [7, 11) is 5.15. The average molecular weight is 565 g/mol. The topological polar surface area (TPSA) is 193 Å². The number of phenols is 1. The molecule has 0 aromatic heterocycles. The number of carbonyl (C=O) groups excluding carboxylic acids is 1. The molecule has 2 aromatic rings. The number of carboxylic acid groups (broad SMARTS) is 3. The van der Waals surface area contributed by atoms with Gasteiger partial charge >= 0.3 is 23.9 Å². The first kappa shape index (κ1) is 31.7. The van der Waals surface area contributed by atoms with Crippen LogP contribution in [0.15, 0.2) is 36.4 Å². The Morgan fingerprint density at radius 3 is 1.70 bits per heavy atom. The molecule has 218 valence electrons. The molecule has 0 amide bonds. The monoisotopic (exact) mass is 564 g/mol. The molecule has 0 heterocycles. The van der Waals surface area contributed by atoms with Crippen molar-refractivity contribution in [1.29, 1.82) is 0 Å². The van der Waals surface area contributed by atoms with E-state index in [9.17, 15) is 39.6 Å². The Kier molecular flexibility index (Phi) is 11.5. The highest BCUT2D eigenvalue weighted by Gasteiger charge is 2.35. The van der Waals surface area contributed by atoms with Crippen LogP contribution in [0.2, 0.25) is 0 Å². The fourth-order valence-electron chi connectivity index (χ4n) is 4.16. The summed E-state index contributed by atoms with van der Waals surface area (Å²) in [4.78, 5) is 51.1. The van der Waals surface area contributed by atoms with Crippen molar-refractivity contribution in [2.24, 2.45) is 0 Å². The maximum absolute atomic E-state index is 12.5. The second-order valence-corrected chi connectivity index (χ2v) is 8.42. The predicted molar refractivity (Wildman–Crippen MR) is 138 cm³/mol. The molecule has 14 heteroatoms. The first-order valence-corrected chi connectivity index (χ1v) is 11.8. The Bertz CT molecular complexity index is 1220. The second-order valence-electron chi connectivity index (χ2n) is 8.42. The van der Waals surface area contributed by atoms with Gasteiger partial charge in [-0.15, -0.1) is 0 Å². The standard InChI is InChI=1S/C26H32N2O12/c1-37-15-5-7-19(29)17(11-15)23(25(33)34)28(14-22(32)40-4)10-9-27(13-21(30)31)24(26(35)36)18-12-16(38-2)6-8-20(18)39-3/h5-8,11-12,23-24,29H,9-10,13-14H2,1-4H3,(H,30,31)(H,33,34)(H,35,36)/t23-,24?/m0/s1. The van der Waals surface area contributed by atoms with Gasteiger partial charge in [0.1, 0.15) is 35.1 Å². The van der Waals surface area contributed by atoms with Crippen molar-refractivity contribution in [2.75, 3.05) is 54.6 Å². The van der Waals surface area contributed by atoms with Crippen molar-refractivity contribution in [2.45, 2.75) is 12.1 Å². The van der Waals surface area contributed by atoms with Crippen LogP contribution in [-0.2, 0) is 23.9 Å². The number of phenolic OH excluding ortho intramolecular Hbond substituents is 1. The molecule has 0 saturated heterocycles. The number of rotatable bonds is 16. The molecule has 4 N–H and O–H groups in total. The predicted octanol–water partition coefficient (Wildman–Crippen LogP) is 1.23. The summed E-state index contributed by atoms with van der Waals surface area (Å²) < 4.78 is 20.3. The maximum Gasteiger partial charge on any atom is 0.325 e. The molecule has 1 unspecified atom stereocenters. The van der Waals surface area contributed by atoms with Gasteiger partial charge in [-0.05, 0) is 36.4 Å². The van der Waals surface area contributed by atoms with Gasteiger partial charge in [0.25, 0.3) is 0 Å². The van der Waals surface area contributed by atoms with E-state index >= 15 is 0 Å². The van der Waals surface area contributed by atoms with Crippen LogP contribution >= 0.6 is 0 Å². The molecular weight excluding hydrogens is 532 g/mol. The van der Waals surface area contributed by atoms with Gasteiger partial charge < -0.3 is 39.4 Å². The van der Waals surface area contributed by atoms with E-state index in [1.54, 1.807) is 6.07 Å². The number of ether oxygens (including phenoxy) is 4. The van der Waals surface area contributed by atoms with Crippen LogP contribution < -0.4 is 14.2 Å². The molecule has 0 fully saturated rings. The molecular formula is C26H32N2O12. The summed E-state index contributed by atoms with van der Waals surface area (Å²) in [6.07, 6.45) is 0. The average Bonchev–Trinajstić information content (AvgIpc) is 2.91. The van der Waals surface area contributed by atoms with Gasteiger partial charge in [-0.2, -0.15) is 0 Å². The molecule has 0 spiro atoms. The van der Waals surface area contributed by atoms with Crippen molar-refractivity contribution in [3.05, 3.63) is 47.5 Å². The van der Waals surface area contributed by atoms with Crippen molar-refractivity contribution in [3.63, 3.8) is 0 Å². The lowest BCUT2D eigenvalue weighted by Gasteiger charge is -2.33. The first-order chi connectivity index (χ1) is 19.0. The number of hydrogen-bond donors (Lipinski definition) is 4.